The van der Waals surface area contributed by atoms with Gasteiger partial charge in [0.25, 0.3) is 0 Å². The molecule has 1 saturated heterocycles. The second kappa shape index (κ2) is 13.1. The molecule has 0 aromatic heterocycles. The molecule has 0 unspecified atom stereocenters. The maximum atomic E-state index is 11.1. The van der Waals surface area contributed by atoms with Crippen LogP contribution in [-0.2, 0) is 9.53 Å². The molecule has 0 bridgehead atoms. The minimum absolute atomic E-state index is 0.0284. The van der Waals surface area contributed by atoms with Crippen molar-refractivity contribution in [1.29, 1.82) is 0 Å². The Balaban J connectivity index is 2.03. The second-order valence-corrected chi connectivity index (χ2v) is 5.64. The average Bonchev–Trinajstić information content (AvgIpc) is 2.52. The van der Waals surface area contributed by atoms with Gasteiger partial charge in [-0.1, -0.05) is 62.3 Å². The summed E-state index contributed by atoms with van der Waals surface area (Å²) in [5.41, 5.74) is 0. The van der Waals surface area contributed by atoms with Crippen molar-refractivity contribution in [2.75, 3.05) is 0 Å². The Morgan fingerprint density at radius 2 is 1.82 bits per heavy atom. The highest BCUT2D eigenvalue weighted by molar-refractivity contribution is 5.70. The quantitative estimate of drug-likeness (QED) is 0.225. The third-order valence-corrected chi connectivity index (χ3v) is 3.58. The molecule has 1 heterocycles. The van der Waals surface area contributed by atoms with Crippen molar-refractivity contribution in [2.24, 2.45) is 0 Å². The normalized spacial score (nSPS) is 19.9. The smallest absolute Gasteiger partial charge is 0.306 e. The number of rotatable bonds is 10. The summed E-state index contributed by atoms with van der Waals surface area (Å²) < 4.78 is 5.21. The first-order chi connectivity index (χ1) is 10.8. The molecule has 2 heteroatoms. The van der Waals surface area contributed by atoms with E-state index in [2.05, 4.69) is 37.3 Å². The number of esters is 1. The van der Waals surface area contributed by atoms with Crippen LogP contribution in [0.25, 0.3) is 0 Å². The van der Waals surface area contributed by atoms with Crippen LogP contribution in [-0.4, -0.2) is 12.1 Å². The minimum Gasteiger partial charge on any atom is -0.458 e. The van der Waals surface area contributed by atoms with Crippen LogP contribution in [0.1, 0.15) is 64.7 Å². The van der Waals surface area contributed by atoms with Crippen molar-refractivity contribution < 1.29 is 9.53 Å². The van der Waals surface area contributed by atoms with Crippen LogP contribution in [0.5, 0.6) is 0 Å². The molecule has 1 fully saturated rings. The van der Waals surface area contributed by atoms with Crippen molar-refractivity contribution in [1.82, 2.24) is 0 Å². The van der Waals surface area contributed by atoms with Gasteiger partial charge in [0.15, 0.2) is 0 Å². The minimum atomic E-state index is -0.0736. The van der Waals surface area contributed by atoms with E-state index in [9.17, 15) is 4.79 Å². The lowest BCUT2D eigenvalue weighted by Gasteiger charge is -2.18. The van der Waals surface area contributed by atoms with Crippen molar-refractivity contribution in [2.45, 2.75) is 70.8 Å². The summed E-state index contributed by atoms with van der Waals surface area (Å²) in [6, 6.07) is 0. The Labute approximate surface area is 135 Å². The highest BCUT2D eigenvalue weighted by Gasteiger charge is 2.16. The number of unbranched alkanes of at least 4 members (excludes halogenated alkanes) is 3. The second-order valence-electron chi connectivity index (χ2n) is 5.64. The molecule has 2 nitrogen and oxygen atoms in total. The topological polar surface area (TPSA) is 26.3 Å². The Morgan fingerprint density at radius 3 is 2.59 bits per heavy atom. The van der Waals surface area contributed by atoms with Crippen LogP contribution in [0.4, 0.5) is 0 Å². The summed E-state index contributed by atoms with van der Waals surface area (Å²) >= 11 is 0. The number of ether oxygens (including phenoxy) is 1. The van der Waals surface area contributed by atoms with E-state index >= 15 is 0 Å². The molecule has 0 saturated carbocycles. The van der Waals surface area contributed by atoms with Crippen LogP contribution < -0.4 is 0 Å². The van der Waals surface area contributed by atoms with Crippen LogP contribution in [0.15, 0.2) is 48.6 Å². The molecular weight excluding hydrogens is 272 g/mol. The molecule has 1 atom stereocenters. The van der Waals surface area contributed by atoms with Crippen LogP contribution in [0.2, 0.25) is 0 Å². The first-order valence-electron chi connectivity index (χ1n) is 8.65. The van der Waals surface area contributed by atoms with E-state index in [0.717, 1.165) is 25.7 Å². The number of allylic oxidation sites excluding steroid dienone is 7. The third kappa shape index (κ3) is 10.2. The zero-order chi connectivity index (χ0) is 15.9. The molecule has 0 aliphatic carbocycles. The molecule has 122 valence electrons. The summed E-state index contributed by atoms with van der Waals surface area (Å²) in [5, 5.41) is 0. The largest absolute Gasteiger partial charge is 0.458 e. The lowest BCUT2D eigenvalue weighted by atomic mass is 10.1. The predicted octanol–water partition coefficient (Wildman–Crippen LogP) is 5.67. The molecule has 22 heavy (non-hydrogen) atoms. The molecule has 0 aromatic rings. The van der Waals surface area contributed by atoms with Crippen molar-refractivity contribution in [3.63, 3.8) is 0 Å². The molecule has 0 amide bonds. The number of cyclic esters (lactones) is 1. The first-order valence-corrected chi connectivity index (χ1v) is 8.65. The van der Waals surface area contributed by atoms with Crippen molar-refractivity contribution in [3.05, 3.63) is 48.6 Å². The van der Waals surface area contributed by atoms with Gasteiger partial charge in [-0.15, -0.1) is 0 Å². The van der Waals surface area contributed by atoms with Gasteiger partial charge in [0.05, 0.1) is 0 Å². The van der Waals surface area contributed by atoms with Gasteiger partial charge in [-0.3, -0.25) is 4.79 Å². The zero-order valence-corrected chi connectivity index (χ0v) is 13.9. The Kier molecular flexibility index (Phi) is 11.0. The van der Waals surface area contributed by atoms with Gasteiger partial charge in [-0.05, 0) is 44.6 Å². The number of hydrogen-bond donors (Lipinski definition) is 0. The van der Waals surface area contributed by atoms with Gasteiger partial charge >= 0.3 is 5.97 Å². The SMILES string of the molecule is CCCCC/C=C/C/C=C/C/C=C/C=C/[C@@H]1CCCC(=O)O1. The van der Waals surface area contributed by atoms with Gasteiger partial charge in [-0.25, -0.2) is 0 Å². The van der Waals surface area contributed by atoms with Crippen LogP contribution in [0, 0.1) is 0 Å². The monoisotopic (exact) mass is 302 g/mol. The van der Waals surface area contributed by atoms with Crippen LogP contribution in [0.3, 0.4) is 0 Å². The number of hydrogen-bond acceptors (Lipinski definition) is 2. The van der Waals surface area contributed by atoms with Crippen molar-refractivity contribution >= 4 is 5.97 Å². The Bertz CT molecular complexity index is 402. The van der Waals surface area contributed by atoms with E-state index < -0.39 is 0 Å². The lowest BCUT2D eigenvalue weighted by Crippen LogP contribution is -2.21. The van der Waals surface area contributed by atoms with Gasteiger partial charge in [0, 0.05) is 6.42 Å². The fourth-order valence-corrected chi connectivity index (χ4v) is 2.29. The third-order valence-electron chi connectivity index (χ3n) is 3.58. The van der Waals surface area contributed by atoms with E-state index in [4.69, 9.17) is 4.74 Å². The average molecular weight is 302 g/mol. The summed E-state index contributed by atoms with van der Waals surface area (Å²) in [5.74, 6) is -0.0736. The van der Waals surface area contributed by atoms with E-state index in [0.29, 0.717) is 6.42 Å². The van der Waals surface area contributed by atoms with Gasteiger partial charge < -0.3 is 4.74 Å². The molecule has 1 aliphatic heterocycles. The standard InChI is InChI=1S/C20H30O2/c1-2-3-4-5-6-7-8-9-10-11-12-13-14-16-19-17-15-18-20(21)22-19/h6-7,9-10,12-14,16,19H,2-5,8,11,15,17-18H2,1H3/b7-6+,10-9+,13-12+,16-14+/t19-/m1/s1. The molecule has 0 aromatic carbocycles. The number of carbonyl (C=O) groups is 1. The van der Waals surface area contributed by atoms with E-state index in [1.807, 2.05) is 18.2 Å². The van der Waals surface area contributed by atoms with E-state index in [1.165, 1.54) is 25.7 Å². The van der Waals surface area contributed by atoms with Gasteiger partial charge in [-0.2, -0.15) is 0 Å². The summed E-state index contributed by atoms with van der Waals surface area (Å²) in [6.07, 6.45) is 26.5. The van der Waals surface area contributed by atoms with Crippen LogP contribution >= 0.6 is 0 Å². The molecule has 1 rings (SSSR count). The highest BCUT2D eigenvalue weighted by Crippen LogP contribution is 2.14. The molecular formula is C20H30O2. The summed E-state index contributed by atoms with van der Waals surface area (Å²) in [7, 11) is 0. The molecule has 0 N–H and O–H groups in total. The molecule has 0 spiro atoms. The summed E-state index contributed by atoms with van der Waals surface area (Å²) in [6.45, 7) is 2.23. The summed E-state index contributed by atoms with van der Waals surface area (Å²) in [4.78, 5) is 11.1. The molecule has 0 radical (unpaired) electrons. The number of carbonyl (C=O) groups excluding carboxylic acids is 1. The van der Waals surface area contributed by atoms with Gasteiger partial charge in [0.1, 0.15) is 6.10 Å². The van der Waals surface area contributed by atoms with E-state index in [1.54, 1.807) is 0 Å². The first kappa shape index (κ1) is 18.5. The lowest BCUT2D eigenvalue weighted by molar-refractivity contribution is -0.150. The van der Waals surface area contributed by atoms with Crippen molar-refractivity contribution in [3.8, 4) is 0 Å². The maximum Gasteiger partial charge on any atom is 0.306 e. The Hall–Kier alpha value is -1.57. The Morgan fingerprint density at radius 1 is 1.05 bits per heavy atom. The van der Waals surface area contributed by atoms with Gasteiger partial charge in [0.2, 0.25) is 0 Å². The zero-order valence-electron chi connectivity index (χ0n) is 13.9. The molecule has 1 aliphatic rings. The predicted molar refractivity (Wildman–Crippen MR) is 93.7 cm³/mol. The van der Waals surface area contributed by atoms with E-state index in [-0.39, 0.29) is 12.1 Å². The fraction of sp³-hybridized carbons (Fsp3) is 0.550. The highest BCUT2D eigenvalue weighted by atomic mass is 16.5. The maximum absolute atomic E-state index is 11.1. The fourth-order valence-electron chi connectivity index (χ4n) is 2.29.